The molecule has 14 heavy (non-hydrogen) atoms. The van der Waals surface area contributed by atoms with Gasteiger partial charge in [-0.15, -0.1) is 0 Å². The van der Waals surface area contributed by atoms with Crippen molar-refractivity contribution < 1.29 is 0 Å². The molecule has 80 valence electrons. The summed E-state index contributed by atoms with van der Waals surface area (Å²) >= 11 is 0. The van der Waals surface area contributed by atoms with Gasteiger partial charge in [-0.25, -0.2) is 20.0 Å². The molecule has 0 saturated carbocycles. The molecule has 0 amide bonds. The highest BCUT2D eigenvalue weighted by Crippen LogP contribution is 1.84. The van der Waals surface area contributed by atoms with Crippen molar-refractivity contribution >= 4 is 12.0 Å². The van der Waals surface area contributed by atoms with Crippen LogP contribution in [0.2, 0.25) is 0 Å². The molecular formula is C10H20N4. The molecule has 0 bridgehead atoms. The average molecular weight is 196 g/mol. The Morgan fingerprint density at radius 3 is 1.21 bits per heavy atom. The van der Waals surface area contributed by atoms with Crippen LogP contribution in [0, 0.1) is 0 Å². The number of nitrogens with zero attached hydrogens (tertiary/aromatic N) is 4. The van der Waals surface area contributed by atoms with E-state index in [1.165, 1.54) is 0 Å². The normalized spacial score (nSPS) is 8.00. The van der Waals surface area contributed by atoms with Crippen molar-refractivity contribution in [2.75, 3.05) is 14.1 Å². The van der Waals surface area contributed by atoms with Gasteiger partial charge >= 0.3 is 0 Å². The highest BCUT2D eigenvalue weighted by molar-refractivity contribution is 5.41. The van der Waals surface area contributed by atoms with Crippen molar-refractivity contribution in [1.82, 2.24) is 0 Å². The third kappa shape index (κ3) is 22.4. The Balaban J connectivity index is 0. The van der Waals surface area contributed by atoms with Crippen LogP contribution in [0.3, 0.4) is 0 Å². The average Bonchev–Trinajstić information content (AvgIpc) is 2.05. The topological polar surface area (TPSA) is 49.4 Å². The molecule has 0 N–H and O–H groups in total. The molecule has 0 spiro atoms. The Bertz CT molecular complexity index is 211. The lowest BCUT2D eigenvalue weighted by molar-refractivity contribution is 0.818. The molecule has 0 heterocycles. The zero-order valence-corrected chi connectivity index (χ0v) is 9.94. The van der Waals surface area contributed by atoms with Crippen LogP contribution in [0.15, 0.2) is 20.0 Å². The van der Waals surface area contributed by atoms with Gasteiger partial charge < -0.3 is 0 Å². The molecule has 0 atom stereocenters. The molecule has 0 aromatic rings. The Kier molecular flexibility index (Phi) is 12.8. The zero-order chi connectivity index (χ0) is 11.4. The molecule has 0 aliphatic rings. The van der Waals surface area contributed by atoms with Crippen molar-refractivity contribution in [1.29, 1.82) is 0 Å². The minimum absolute atomic E-state index is 0.312. The van der Waals surface area contributed by atoms with E-state index in [4.69, 9.17) is 0 Å². The van der Waals surface area contributed by atoms with Gasteiger partial charge in [0.25, 0.3) is 0 Å². The summed E-state index contributed by atoms with van der Waals surface area (Å²) in [5.74, 6) is 0. The fourth-order valence-electron chi connectivity index (χ4n) is 0.364. The quantitative estimate of drug-likeness (QED) is 0.609. The predicted octanol–water partition coefficient (Wildman–Crippen LogP) is 2.40. The summed E-state index contributed by atoms with van der Waals surface area (Å²) in [5.41, 5.74) is 0. The summed E-state index contributed by atoms with van der Waals surface area (Å²) in [4.78, 5) is 14.8. The van der Waals surface area contributed by atoms with Crippen molar-refractivity contribution in [2.45, 2.75) is 39.8 Å². The Labute approximate surface area is 86.6 Å². The molecule has 0 unspecified atom stereocenters. The van der Waals surface area contributed by atoms with Crippen molar-refractivity contribution in [3.8, 4) is 0 Å². The van der Waals surface area contributed by atoms with E-state index in [0.717, 1.165) is 0 Å². The van der Waals surface area contributed by atoms with E-state index in [-0.39, 0.29) is 0 Å². The number of aliphatic imine (C=N–C) groups is 4. The molecular weight excluding hydrogens is 176 g/mol. The maximum atomic E-state index is 3.95. The lowest BCUT2D eigenvalue weighted by Gasteiger charge is -1.89. The van der Waals surface area contributed by atoms with Crippen LogP contribution in [0.25, 0.3) is 0 Å². The molecule has 0 rings (SSSR count). The van der Waals surface area contributed by atoms with E-state index in [1.807, 2.05) is 27.7 Å². The Morgan fingerprint density at radius 2 is 1.07 bits per heavy atom. The van der Waals surface area contributed by atoms with Crippen LogP contribution in [0.5, 0.6) is 0 Å². The first kappa shape index (κ1) is 15.2. The van der Waals surface area contributed by atoms with Gasteiger partial charge in [0, 0.05) is 14.1 Å². The van der Waals surface area contributed by atoms with Crippen LogP contribution in [-0.4, -0.2) is 38.2 Å². The van der Waals surface area contributed by atoms with Gasteiger partial charge in [0.2, 0.25) is 0 Å². The summed E-state index contributed by atoms with van der Waals surface area (Å²) in [6.07, 6.45) is 0. The van der Waals surface area contributed by atoms with E-state index in [2.05, 4.69) is 32.0 Å². The van der Waals surface area contributed by atoms with Gasteiger partial charge in [-0.05, 0) is 27.7 Å². The molecule has 0 aromatic carbocycles. The SMILES string of the molecule is CC(C)N=C=NC(C)C.CN=C=NC. The van der Waals surface area contributed by atoms with E-state index in [1.54, 1.807) is 14.1 Å². The fourth-order valence-corrected chi connectivity index (χ4v) is 0.364. The van der Waals surface area contributed by atoms with E-state index in [9.17, 15) is 0 Å². The van der Waals surface area contributed by atoms with Crippen LogP contribution in [-0.2, 0) is 0 Å². The molecule has 4 nitrogen and oxygen atoms in total. The molecule has 0 aliphatic heterocycles. The van der Waals surface area contributed by atoms with Crippen LogP contribution < -0.4 is 0 Å². The minimum atomic E-state index is 0.312. The van der Waals surface area contributed by atoms with Gasteiger partial charge in [0.1, 0.15) is 0 Å². The van der Waals surface area contributed by atoms with Crippen LogP contribution in [0.4, 0.5) is 0 Å². The maximum absolute atomic E-state index is 3.95. The van der Waals surface area contributed by atoms with Crippen molar-refractivity contribution in [3.63, 3.8) is 0 Å². The highest BCUT2D eigenvalue weighted by Gasteiger charge is 1.82. The van der Waals surface area contributed by atoms with E-state index in [0.29, 0.717) is 12.1 Å². The second-order valence-electron chi connectivity index (χ2n) is 3.09. The summed E-state index contributed by atoms with van der Waals surface area (Å²) in [6, 6.07) is 5.62. The summed E-state index contributed by atoms with van der Waals surface area (Å²) < 4.78 is 0. The first-order valence-electron chi connectivity index (χ1n) is 4.61. The standard InChI is InChI=1S/C7H14N2.C3H6N2/c1-6(2)8-5-9-7(3)4;1-4-3-5-2/h6-7H,1-4H3;1-2H3. The fraction of sp³-hybridized carbons (Fsp3) is 0.800. The third-order valence-corrected chi connectivity index (χ3v) is 0.832. The number of rotatable bonds is 2. The Morgan fingerprint density at radius 1 is 0.714 bits per heavy atom. The summed E-state index contributed by atoms with van der Waals surface area (Å²) in [5, 5.41) is 0. The predicted molar refractivity (Wildman–Crippen MR) is 61.8 cm³/mol. The smallest absolute Gasteiger partial charge is 0.0897 e. The third-order valence-electron chi connectivity index (χ3n) is 0.832. The maximum Gasteiger partial charge on any atom is 0.0897 e. The lowest BCUT2D eigenvalue weighted by atomic mass is 10.4. The first-order chi connectivity index (χ1) is 6.54. The van der Waals surface area contributed by atoms with Gasteiger partial charge in [-0.3, -0.25) is 0 Å². The first-order valence-corrected chi connectivity index (χ1v) is 4.61. The van der Waals surface area contributed by atoms with Crippen LogP contribution in [0.1, 0.15) is 27.7 Å². The second kappa shape index (κ2) is 11.8. The zero-order valence-electron chi connectivity index (χ0n) is 9.94. The number of hydrogen-bond donors (Lipinski definition) is 0. The van der Waals surface area contributed by atoms with Crippen LogP contribution >= 0.6 is 0 Å². The monoisotopic (exact) mass is 196 g/mol. The second-order valence-corrected chi connectivity index (χ2v) is 3.09. The molecule has 0 radical (unpaired) electrons. The molecule has 0 aromatic heterocycles. The summed E-state index contributed by atoms with van der Waals surface area (Å²) in [7, 11) is 3.26. The lowest BCUT2D eigenvalue weighted by Crippen LogP contribution is -1.88. The molecule has 0 saturated heterocycles. The number of hydrogen-bond acceptors (Lipinski definition) is 4. The van der Waals surface area contributed by atoms with Crippen molar-refractivity contribution in [2.24, 2.45) is 20.0 Å². The van der Waals surface area contributed by atoms with E-state index >= 15 is 0 Å². The minimum Gasteiger partial charge on any atom is -0.229 e. The summed E-state index contributed by atoms with van der Waals surface area (Å²) in [6.45, 7) is 8.01. The van der Waals surface area contributed by atoms with Gasteiger partial charge in [0.05, 0.1) is 24.1 Å². The molecule has 0 aliphatic carbocycles. The van der Waals surface area contributed by atoms with Crippen molar-refractivity contribution in [3.05, 3.63) is 0 Å². The molecule has 0 fully saturated rings. The van der Waals surface area contributed by atoms with Gasteiger partial charge in [-0.2, -0.15) is 0 Å². The Hall–Kier alpha value is -1.24. The largest absolute Gasteiger partial charge is 0.229 e. The van der Waals surface area contributed by atoms with E-state index < -0.39 is 0 Å². The molecule has 4 heteroatoms. The van der Waals surface area contributed by atoms with Gasteiger partial charge in [-0.1, -0.05) is 0 Å². The highest BCUT2D eigenvalue weighted by atomic mass is 14.8. The van der Waals surface area contributed by atoms with Gasteiger partial charge in [0.15, 0.2) is 0 Å².